The van der Waals surface area contributed by atoms with E-state index in [0.29, 0.717) is 25.0 Å². The molecule has 0 fully saturated rings. The van der Waals surface area contributed by atoms with Crippen molar-refractivity contribution >= 4 is 65.8 Å². The van der Waals surface area contributed by atoms with E-state index in [0.717, 1.165) is 77.4 Å². The third kappa shape index (κ3) is 6.74. The molecule has 1 N–H and O–H groups in total. The fourth-order valence-corrected chi connectivity index (χ4v) is 8.81. The van der Waals surface area contributed by atoms with Gasteiger partial charge in [0.1, 0.15) is 41.1 Å². The van der Waals surface area contributed by atoms with Gasteiger partial charge in [0.2, 0.25) is 0 Å². The first kappa shape index (κ1) is 30.3. The molecule has 0 saturated heterocycles. The molecule has 5 nitrogen and oxygen atoms in total. The van der Waals surface area contributed by atoms with E-state index in [-0.39, 0.29) is 5.75 Å². The van der Waals surface area contributed by atoms with Crippen molar-refractivity contribution in [3.8, 4) is 37.0 Å². The summed E-state index contributed by atoms with van der Waals surface area (Å²) in [6.07, 6.45) is 9.27. The highest BCUT2D eigenvalue weighted by Gasteiger charge is 2.27. The zero-order valence-corrected chi connectivity index (χ0v) is 27.7. The van der Waals surface area contributed by atoms with Crippen molar-refractivity contribution in [1.29, 1.82) is 0 Å². The minimum Gasteiger partial charge on any atom is -0.506 e. The fourth-order valence-electron chi connectivity index (χ4n) is 5.00. The molecule has 5 rings (SSSR count). The summed E-state index contributed by atoms with van der Waals surface area (Å²) in [6, 6.07) is 5.92. The number of thiazole rings is 2. The molecule has 0 amide bonds. The number of aromatic nitrogens is 2. The molecule has 0 aliphatic heterocycles. The van der Waals surface area contributed by atoms with Crippen LogP contribution in [0.3, 0.4) is 0 Å². The van der Waals surface area contributed by atoms with Crippen molar-refractivity contribution in [3.63, 3.8) is 0 Å². The number of rotatable bonds is 16. The number of ether oxygens (including phenoxy) is 2. The van der Waals surface area contributed by atoms with E-state index < -0.39 is 0 Å². The van der Waals surface area contributed by atoms with Crippen molar-refractivity contribution in [2.75, 3.05) is 13.2 Å². The lowest BCUT2D eigenvalue weighted by Crippen LogP contribution is -2.13. The first-order chi connectivity index (χ1) is 20.1. The second kappa shape index (κ2) is 14.3. The van der Waals surface area contributed by atoms with Crippen LogP contribution in [0.25, 0.3) is 40.2 Å². The monoisotopic (exact) mass is 628 g/mol. The summed E-state index contributed by atoms with van der Waals surface area (Å²) >= 11 is 6.43. The molecular weight excluding hydrogens is 589 g/mol. The Morgan fingerprint density at radius 2 is 1.34 bits per heavy atom. The Labute approximate surface area is 259 Å². The summed E-state index contributed by atoms with van der Waals surface area (Å²) in [5, 5.41) is 16.3. The standard InChI is InChI=1S/C32H40N2O3S4/c1-5-9-12-20(7-3)18-36-26-24-29(40-31(33-24)23-14-11-16-38-23)27(37-19-21(8-4)13-10-6-2)25-30(26)41-32(34-25)28-22(35)15-17-39-28/h11,14-17,20-21,35H,5-10,12-13,18-19H2,1-4H3. The Kier molecular flexibility index (Phi) is 10.6. The third-order valence-electron chi connectivity index (χ3n) is 7.68. The van der Waals surface area contributed by atoms with E-state index >= 15 is 0 Å². The number of hydrogen-bond donors (Lipinski definition) is 1. The normalized spacial score (nSPS) is 13.3. The molecule has 4 heterocycles. The van der Waals surface area contributed by atoms with Crippen LogP contribution in [0.5, 0.6) is 17.2 Å². The third-order valence-corrected chi connectivity index (χ3v) is 11.9. The van der Waals surface area contributed by atoms with Gasteiger partial charge in [-0.2, -0.15) is 0 Å². The minimum absolute atomic E-state index is 0.259. The van der Waals surface area contributed by atoms with E-state index in [1.807, 2.05) is 5.38 Å². The lowest BCUT2D eigenvalue weighted by molar-refractivity contribution is 0.234. The molecule has 220 valence electrons. The van der Waals surface area contributed by atoms with Crippen LogP contribution in [-0.4, -0.2) is 28.3 Å². The molecule has 0 saturated carbocycles. The van der Waals surface area contributed by atoms with Crippen molar-refractivity contribution in [2.45, 2.75) is 79.1 Å². The molecular formula is C32H40N2O3S4. The molecule has 2 unspecified atom stereocenters. The van der Waals surface area contributed by atoms with E-state index in [9.17, 15) is 5.11 Å². The lowest BCUT2D eigenvalue weighted by atomic mass is 10.0. The molecule has 0 bridgehead atoms. The highest BCUT2D eigenvalue weighted by atomic mass is 32.1. The van der Waals surface area contributed by atoms with Gasteiger partial charge >= 0.3 is 0 Å². The first-order valence-electron chi connectivity index (χ1n) is 14.9. The maximum atomic E-state index is 10.5. The first-order valence-corrected chi connectivity index (χ1v) is 18.3. The van der Waals surface area contributed by atoms with Crippen LogP contribution in [0, 0.1) is 11.8 Å². The van der Waals surface area contributed by atoms with Gasteiger partial charge < -0.3 is 14.6 Å². The van der Waals surface area contributed by atoms with Gasteiger partial charge in [0.25, 0.3) is 0 Å². The highest BCUT2D eigenvalue weighted by Crippen LogP contribution is 2.51. The summed E-state index contributed by atoms with van der Waals surface area (Å²) in [5.74, 6) is 2.84. The quantitative estimate of drug-likeness (QED) is 0.118. The molecule has 0 radical (unpaired) electrons. The number of benzene rings is 1. The molecule has 2 atom stereocenters. The Morgan fingerprint density at radius 1 is 0.756 bits per heavy atom. The van der Waals surface area contributed by atoms with Crippen molar-refractivity contribution in [2.24, 2.45) is 11.8 Å². The van der Waals surface area contributed by atoms with Crippen molar-refractivity contribution < 1.29 is 14.6 Å². The maximum absolute atomic E-state index is 10.5. The van der Waals surface area contributed by atoms with Crippen LogP contribution in [0.2, 0.25) is 0 Å². The van der Waals surface area contributed by atoms with Crippen LogP contribution >= 0.6 is 45.3 Å². The van der Waals surface area contributed by atoms with Crippen LogP contribution in [0.4, 0.5) is 0 Å². The highest BCUT2D eigenvalue weighted by molar-refractivity contribution is 7.27. The predicted molar refractivity (Wildman–Crippen MR) is 179 cm³/mol. The second-order valence-electron chi connectivity index (χ2n) is 10.6. The van der Waals surface area contributed by atoms with E-state index in [1.54, 1.807) is 40.1 Å². The molecule has 41 heavy (non-hydrogen) atoms. The fraction of sp³-hybridized carbons (Fsp3) is 0.500. The summed E-state index contributed by atoms with van der Waals surface area (Å²) in [4.78, 5) is 12.2. The van der Waals surface area contributed by atoms with Crippen LogP contribution in [0.15, 0.2) is 29.0 Å². The van der Waals surface area contributed by atoms with Crippen LogP contribution < -0.4 is 9.47 Å². The van der Waals surface area contributed by atoms with Gasteiger partial charge in [0.05, 0.1) is 18.1 Å². The van der Waals surface area contributed by atoms with E-state index in [4.69, 9.17) is 19.4 Å². The number of fused-ring (bicyclic) bond motifs is 2. The van der Waals surface area contributed by atoms with E-state index in [1.165, 1.54) is 37.0 Å². The average Bonchev–Trinajstić information content (AvgIpc) is 3.79. The van der Waals surface area contributed by atoms with Gasteiger partial charge in [0.15, 0.2) is 11.5 Å². The van der Waals surface area contributed by atoms with Gasteiger partial charge in [-0.3, -0.25) is 0 Å². The number of hydrogen-bond acceptors (Lipinski definition) is 9. The summed E-state index contributed by atoms with van der Waals surface area (Å²) < 4.78 is 15.4. The van der Waals surface area contributed by atoms with Gasteiger partial charge in [-0.1, -0.05) is 72.3 Å². The Bertz CT molecular complexity index is 1460. The number of thiophene rings is 2. The maximum Gasteiger partial charge on any atom is 0.166 e. The number of aromatic hydroxyl groups is 1. The smallest absolute Gasteiger partial charge is 0.166 e. The van der Waals surface area contributed by atoms with Gasteiger partial charge in [0, 0.05) is 0 Å². The predicted octanol–water partition coefficient (Wildman–Crippen LogP) is 11.3. The van der Waals surface area contributed by atoms with Gasteiger partial charge in [-0.05, 0) is 47.6 Å². The number of nitrogens with zero attached hydrogens (tertiary/aromatic N) is 2. The zero-order valence-electron chi connectivity index (χ0n) is 24.4. The van der Waals surface area contributed by atoms with Gasteiger partial charge in [-0.15, -0.1) is 45.3 Å². The van der Waals surface area contributed by atoms with Gasteiger partial charge in [-0.25, -0.2) is 9.97 Å². The van der Waals surface area contributed by atoms with Crippen LogP contribution in [0.1, 0.15) is 79.1 Å². The molecule has 0 aliphatic rings. The van der Waals surface area contributed by atoms with Crippen LogP contribution in [-0.2, 0) is 0 Å². The molecule has 5 aromatic rings. The summed E-state index contributed by atoms with van der Waals surface area (Å²) in [5.41, 5.74) is 1.67. The largest absolute Gasteiger partial charge is 0.506 e. The Hall–Kier alpha value is -2.20. The topological polar surface area (TPSA) is 64.5 Å². The molecule has 9 heteroatoms. The Balaban J connectivity index is 1.65. The van der Waals surface area contributed by atoms with E-state index in [2.05, 4.69) is 45.2 Å². The molecule has 1 aromatic carbocycles. The van der Waals surface area contributed by atoms with Crippen molar-refractivity contribution in [1.82, 2.24) is 9.97 Å². The van der Waals surface area contributed by atoms with Crippen molar-refractivity contribution in [3.05, 3.63) is 29.0 Å². The molecule has 0 aliphatic carbocycles. The summed E-state index contributed by atoms with van der Waals surface area (Å²) in [7, 11) is 0. The lowest BCUT2D eigenvalue weighted by Gasteiger charge is -2.18. The SMILES string of the molecule is CCCCC(CC)COc1c2nc(-c3sccc3O)sc2c(OCC(CC)CCCC)c2nc(-c3cccs3)sc12. The Morgan fingerprint density at radius 3 is 1.83 bits per heavy atom. The molecule has 0 spiro atoms. The zero-order chi connectivity index (χ0) is 28.8. The molecule has 4 aromatic heterocycles. The average molecular weight is 629 g/mol. The number of unbranched alkanes of at least 4 members (excludes halogenated alkanes) is 2. The minimum atomic E-state index is 0.259. The summed E-state index contributed by atoms with van der Waals surface area (Å²) in [6.45, 7) is 10.3. The second-order valence-corrected chi connectivity index (χ2v) is 14.5.